The number of H-pyrrole nitrogens is 1. The molecule has 0 aromatic carbocycles. The van der Waals surface area contributed by atoms with Crippen LogP contribution in [0.5, 0.6) is 0 Å². The van der Waals surface area contributed by atoms with Crippen LogP contribution >= 0.6 is 11.8 Å². The van der Waals surface area contributed by atoms with E-state index in [1.165, 1.54) is 24.5 Å². The monoisotopic (exact) mass is 335 g/mol. The van der Waals surface area contributed by atoms with Crippen molar-refractivity contribution >= 4 is 34.5 Å². The highest BCUT2D eigenvalue weighted by Crippen LogP contribution is 2.24. The van der Waals surface area contributed by atoms with E-state index in [1.807, 2.05) is 0 Å². The number of nitrogens with one attached hydrogen (secondary N) is 2. The normalized spacial score (nSPS) is 11.1. The number of thioether (sulfide) groups is 1. The summed E-state index contributed by atoms with van der Waals surface area (Å²) in [7, 11) is 0. The van der Waals surface area contributed by atoms with Gasteiger partial charge in [-0.3, -0.25) is 4.79 Å². The number of carbonyl (C=O) groups excluding carboxylic acids is 1. The third kappa shape index (κ3) is 3.62. The molecule has 0 aliphatic heterocycles. The van der Waals surface area contributed by atoms with Crippen LogP contribution in [0.1, 0.15) is 16.2 Å². The maximum atomic E-state index is 12.2. The van der Waals surface area contributed by atoms with Crippen molar-refractivity contribution in [3.8, 4) is 0 Å². The number of fused-ring (bicyclic) bond motifs is 1. The largest absolute Gasteiger partial charge is 0.341 e. The zero-order valence-electron chi connectivity index (χ0n) is 11.9. The Kier molecular flexibility index (Phi) is 4.20. The highest BCUT2D eigenvalue weighted by Gasteiger charge is 2.11. The van der Waals surface area contributed by atoms with Gasteiger partial charge in [-0.05, 0) is 36.9 Å². The second kappa shape index (κ2) is 6.29. The number of hydrogen-bond donors (Lipinski definition) is 2. The summed E-state index contributed by atoms with van der Waals surface area (Å²) in [6.45, 7) is 1.80. The van der Waals surface area contributed by atoms with Crippen molar-refractivity contribution in [2.75, 3.05) is 5.32 Å². The van der Waals surface area contributed by atoms with Gasteiger partial charge in [0.2, 0.25) is 0 Å². The Labute approximate surface area is 133 Å². The molecular formula is C14H11F2N5OS. The van der Waals surface area contributed by atoms with Crippen molar-refractivity contribution in [3.63, 3.8) is 0 Å². The highest BCUT2D eigenvalue weighted by atomic mass is 32.2. The molecule has 0 atom stereocenters. The van der Waals surface area contributed by atoms with Crippen molar-refractivity contribution < 1.29 is 13.6 Å². The van der Waals surface area contributed by atoms with Gasteiger partial charge in [0.15, 0.2) is 5.65 Å². The van der Waals surface area contributed by atoms with Crippen LogP contribution in [0.25, 0.3) is 11.2 Å². The van der Waals surface area contributed by atoms with Gasteiger partial charge in [-0.1, -0.05) is 0 Å². The summed E-state index contributed by atoms with van der Waals surface area (Å²) in [4.78, 5) is 27.3. The number of aromatic amines is 1. The molecule has 0 radical (unpaired) electrons. The van der Waals surface area contributed by atoms with Gasteiger partial charge in [-0.15, -0.1) is 0 Å². The smallest absolute Gasteiger partial charge is 0.290 e. The number of anilines is 1. The quantitative estimate of drug-likeness (QED) is 0.715. The molecule has 3 rings (SSSR count). The second-order valence-corrected chi connectivity index (χ2v) is 5.65. The SMILES string of the molecule is Cc1nc2ncc(C(=O)Nc3ccc(SC(F)F)nc3)cc2[nH]1. The van der Waals surface area contributed by atoms with Gasteiger partial charge in [-0.2, -0.15) is 8.78 Å². The third-order valence-electron chi connectivity index (χ3n) is 2.92. The lowest BCUT2D eigenvalue weighted by molar-refractivity contribution is 0.102. The fraction of sp³-hybridized carbons (Fsp3) is 0.143. The molecule has 0 saturated carbocycles. The van der Waals surface area contributed by atoms with E-state index < -0.39 is 5.76 Å². The van der Waals surface area contributed by atoms with E-state index in [1.54, 1.807) is 13.0 Å². The van der Waals surface area contributed by atoms with E-state index >= 15 is 0 Å². The number of amides is 1. The van der Waals surface area contributed by atoms with Gasteiger partial charge in [0.1, 0.15) is 10.9 Å². The number of nitrogens with zero attached hydrogens (tertiary/aromatic N) is 3. The zero-order chi connectivity index (χ0) is 16.4. The lowest BCUT2D eigenvalue weighted by Gasteiger charge is -2.05. The Hall–Kier alpha value is -2.55. The van der Waals surface area contributed by atoms with Crippen molar-refractivity contribution in [1.82, 2.24) is 19.9 Å². The minimum Gasteiger partial charge on any atom is -0.341 e. The number of hydrogen-bond acceptors (Lipinski definition) is 5. The van der Waals surface area contributed by atoms with Crippen molar-refractivity contribution in [2.45, 2.75) is 17.7 Å². The van der Waals surface area contributed by atoms with Crippen LogP contribution in [0.15, 0.2) is 35.6 Å². The van der Waals surface area contributed by atoms with E-state index in [9.17, 15) is 13.6 Å². The molecule has 1 amide bonds. The van der Waals surface area contributed by atoms with E-state index in [0.29, 0.717) is 40.0 Å². The fourth-order valence-corrected chi connectivity index (χ4v) is 2.41. The van der Waals surface area contributed by atoms with Crippen molar-refractivity contribution in [1.29, 1.82) is 0 Å². The average molecular weight is 335 g/mol. The number of alkyl halides is 2. The number of halogens is 2. The lowest BCUT2D eigenvalue weighted by atomic mass is 10.2. The van der Waals surface area contributed by atoms with Crippen LogP contribution in [0, 0.1) is 6.92 Å². The molecule has 0 bridgehead atoms. The fourth-order valence-electron chi connectivity index (χ4n) is 1.96. The molecule has 6 nitrogen and oxygen atoms in total. The van der Waals surface area contributed by atoms with Crippen LogP contribution in [-0.4, -0.2) is 31.6 Å². The van der Waals surface area contributed by atoms with Crippen molar-refractivity contribution in [3.05, 3.63) is 42.0 Å². The number of aromatic nitrogens is 4. The molecule has 3 aromatic heterocycles. The molecular weight excluding hydrogens is 324 g/mol. The first kappa shape index (κ1) is 15.3. The Balaban J connectivity index is 1.74. The number of rotatable bonds is 4. The predicted octanol–water partition coefficient (Wildman–Crippen LogP) is 3.23. The zero-order valence-corrected chi connectivity index (χ0v) is 12.7. The summed E-state index contributed by atoms with van der Waals surface area (Å²) in [5.74, 6) is -2.19. The first-order chi connectivity index (χ1) is 11.0. The first-order valence-corrected chi connectivity index (χ1v) is 7.44. The summed E-state index contributed by atoms with van der Waals surface area (Å²) in [6, 6.07) is 4.58. The first-order valence-electron chi connectivity index (χ1n) is 6.56. The molecule has 0 aliphatic rings. The minimum atomic E-state index is -2.53. The average Bonchev–Trinajstić information content (AvgIpc) is 2.87. The summed E-state index contributed by atoms with van der Waals surface area (Å²) in [5.41, 5.74) is 1.97. The molecule has 0 unspecified atom stereocenters. The second-order valence-electron chi connectivity index (χ2n) is 4.64. The molecule has 0 saturated heterocycles. The topological polar surface area (TPSA) is 83.6 Å². The van der Waals surface area contributed by atoms with Crippen LogP contribution < -0.4 is 5.32 Å². The van der Waals surface area contributed by atoms with Crippen LogP contribution in [0.3, 0.4) is 0 Å². The summed E-state index contributed by atoms with van der Waals surface area (Å²) in [6.07, 6.45) is 2.75. The predicted molar refractivity (Wildman–Crippen MR) is 82.7 cm³/mol. The van der Waals surface area contributed by atoms with E-state index in [2.05, 4.69) is 25.3 Å². The number of aryl methyl sites for hydroxylation is 1. The van der Waals surface area contributed by atoms with E-state index in [0.717, 1.165) is 0 Å². The maximum absolute atomic E-state index is 12.2. The van der Waals surface area contributed by atoms with Gasteiger partial charge in [0.05, 0.1) is 23.0 Å². The molecule has 3 heterocycles. The highest BCUT2D eigenvalue weighted by molar-refractivity contribution is 7.99. The van der Waals surface area contributed by atoms with Gasteiger partial charge < -0.3 is 10.3 Å². The number of imidazole rings is 1. The molecule has 118 valence electrons. The van der Waals surface area contributed by atoms with E-state index in [-0.39, 0.29) is 10.9 Å². The van der Waals surface area contributed by atoms with Crippen molar-refractivity contribution in [2.24, 2.45) is 0 Å². The number of carbonyl (C=O) groups is 1. The molecule has 2 N–H and O–H groups in total. The lowest BCUT2D eigenvalue weighted by Crippen LogP contribution is -2.12. The van der Waals surface area contributed by atoms with Gasteiger partial charge in [0.25, 0.3) is 11.7 Å². The van der Waals surface area contributed by atoms with Gasteiger partial charge in [0, 0.05) is 6.20 Å². The standard InChI is InChI=1S/C14H11F2N5OS/c1-7-19-10-4-8(5-18-12(10)20-7)13(22)21-9-2-3-11(17-6-9)23-14(15)16/h2-6,14H,1H3,(H,21,22)(H,18,19,20). The van der Waals surface area contributed by atoms with Crippen LogP contribution in [0.2, 0.25) is 0 Å². The summed E-state index contributed by atoms with van der Waals surface area (Å²) in [5, 5.41) is 2.83. The van der Waals surface area contributed by atoms with Crippen LogP contribution in [-0.2, 0) is 0 Å². The Morgan fingerprint density at radius 1 is 1.30 bits per heavy atom. The Morgan fingerprint density at radius 2 is 2.13 bits per heavy atom. The molecule has 0 spiro atoms. The summed E-state index contributed by atoms with van der Waals surface area (Å²) >= 11 is 0.348. The van der Waals surface area contributed by atoms with Gasteiger partial charge in [-0.25, -0.2) is 15.0 Å². The molecule has 3 aromatic rings. The molecule has 0 aliphatic carbocycles. The molecule has 23 heavy (non-hydrogen) atoms. The van der Waals surface area contributed by atoms with Crippen LogP contribution in [0.4, 0.5) is 14.5 Å². The molecule has 9 heteroatoms. The molecule has 0 fully saturated rings. The van der Waals surface area contributed by atoms with E-state index in [4.69, 9.17) is 0 Å². The minimum absolute atomic E-state index is 0.189. The number of pyridine rings is 2. The Morgan fingerprint density at radius 3 is 2.83 bits per heavy atom. The van der Waals surface area contributed by atoms with Gasteiger partial charge >= 0.3 is 0 Å². The summed E-state index contributed by atoms with van der Waals surface area (Å²) < 4.78 is 24.4. The Bertz CT molecular complexity index is 850. The third-order valence-corrected chi connectivity index (χ3v) is 3.58. The maximum Gasteiger partial charge on any atom is 0.290 e.